The lowest BCUT2D eigenvalue weighted by Crippen LogP contribution is -2.48. The van der Waals surface area contributed by atoms with Crippen LogP contribution in [0.15, 0.2) is 18.2 Å². The zero-order chi connectivity index (χ0) is 13.5. The Kier molecular flexibility index (Phi) is 3.17. The van der Waals surface area contributed by atoms with Crippen LogP contribution in [0, 0.1) is 5.92 Å². The zero-order valence-electron chi connectivity index (χ0n) is 11.7. The molecule has 1 heterocycles. The number of fused-ring (bicyclic) bond motifs is 1. The summed E-state index contributed by atoms with van der Waals surface area (Å²) in [5.74, 6) is 2.11. The summed E-state index contributed by atoms with van der Waals surface area (Å²) in [6.45, 7) is 2.25. The number of benzene rings is 1. The first-order valence-corrected chi connectivity index (χ1v) is 7.20. The molecular weight excluding hydrogens is 240 g/mol. The van der Waals surface area contributed by atoms with Crippen LogP contribution in [0.25, 0.3) is 0 Å². The Morgan fingerprint density at radius 3 is 2.95 bits per heavy atom. The maximum Gasteiger partial charge on any atom is 0.126 e. The molecule has 0 aromatic heterocycles. The Balaban J connectivity index is 1.95. The van der Waals surface area contributed by atoms with Crippen molar-refractivity contribution in [2.45, 2.75) is 50.7 Å². The Bertz CT molecular complexity index is 471. The number of aliphatic hydroxyl groups excluding tert-OH is 1. The molecule has 0 radical (unpaired) electrons. The lowest BCUT2D eigenvalue weighted by molar-refractivity contribution is -0.0717. The summed E-state index contributed by atoms with van der Waals surface area (Å²) in [6.07, 6.45) is 4.98. The van der Waals surface area contributed by atoms with Crippen LogP contribution >= 0.6 is 0 Å². The molecular formula is C16H22O3. The van der Waals surface area contributed by atoms with E-state index in [2.05, 4.69) is 6.92 Å². The van der Waals surface area contributed by atoms with Crippen molar-refractivity contribution >= 4 is 0 Å². The Hall–Kier alpha value is -1.22. The van der Waals surface area contributed by atoms with Crippen LogP contribution in [-0.2, 0) is 0 Å². The Morgan fingerprint density at radius 1 is 1.37 bits per heavy atom. The van der Waals surface area contributed by atoms with Gasteiger partial charge in [-0.1, -0.05) is 13.3 Å². The highest BCUT2D eigenvalue weighted by Crippen LogP contribution is 2.49. The molecule has 1 fully saturated rings. The van der Waals surface area contributed by atoms with Crippen LogP contribution in [0.2, 0.25) is 0 Å². The quantitative estimate of drug-likeness (QED) is 0.842. The second-order valence-corrected chi connectivity index (χ2v) is 5.94. The molecule has 3 atom stereocenters. The van der Waals surface area contributed by atoms with Gasteiger partial charge in [-0.2, -0.15) is 0 Å². The third-order valence-corrected chi connectivity index (χ3v) is 4.81. The van der Waals surface area contributed by atoms with E-state index in [-0.39, 0.29) is 5.60 Å². The fourth-order valence-electron chi connectivity index (χ4n) is 3.54. The predicted octanol–water partition coefficient (Wildman–Crippen LogP) is 3.46. The maximum absolute atomic E-state index is 10.5. The minimum Gasteiger partial charge on any atom is -0.497 e. The number of hydrogen-bond acceptors (Lipinski definition) is 3. The second-order valence-electron chi connectivity index (χ2n) is 5.94. The van der Waals surface area contributed by atoms with Crippen LogP contribution in [0.1, 0.15) is 50.7 Å². The molecule has 1 aliphatic carbocycles. The van der Waals surface area contributed by atoms with Crippen molar-refractivity contribution in [2.24, 2.45) is 5.92 Å². The minimum absolute atomic E-state index is 0.167. The molecule has 1 spiro atoms. The summed E-state index contributed by atoms with van der Waals surface area (Å²) >= 11 is 0. The molecule has 0 bridgehead atoms. The summed E-state index contributed by atoms with van der Waals surface area (Å²) in [6, 6.07) is 5.72. The van der Waals surface area contributed by atoms with Crippen LogP contribution in [0.5, 0.6) is 11.5 Å². The summed E-state index contributed by atoms with van der Waals surface area (Å²) in [4.78, 5) is 0. The average molecular weight is 262 g/mol. The van der Waals surface area contributed by atoms with Gasteiger partial charge in [0.2, 0.25) is 0 Å². The number of methoxy groups -OCH3 is 1. The average Bonchev–Trinajstić information content (AvgIpc) is 2.42. The molecule has 0 amide bonds. The van der Waals surface area contributed by atoms with Gasteiger partial charge >= 0.3 is 0 Å². The fraction of sp³-hybridized carbons (Fsp3) is 0.625. The van der Waals surface area contributed by atoms with Crippen molar-refractivity contribution in [3.8, 4) is 11.5 Å². The van der Waals surface area contributed by atoms with E-state index in [4.69, 9.17) is 9.47 Å². The summed E-state index contributed by atoms with van der Waals surface area (Å²) in [7, 11) is 1.64. The first-order valence-electron chi connectivity index (χ1n) is 7.20. The maximum atomic E-state index is 10.5. The molecule has 0 saturated heterocycles. The van der Waals surface area contributed by atoms with Gasteiger partial charge in [-0.3, -0.25) is 0 Å². The van der Waals surface area contributed by atoms with E-state index in [1.54, 1.807) is 7.11 Å². The highest BCUT2D eigenvalue weighted by molar-refractivity contribution is 5.43. The first-order chi connectivity index (χ1) is 9.14. The molecule has 1 aromatic carbocycles. The van der Waals surface area contributed by atoms with E-state index in [9.17, 15) is 5.11 Å². The normalized spacial score (nSPS) is 33.6. The molecule has 1 saturated carbocycles. The van der Waals surface area contributed by atoms with E-state index in [1.165, 1.54) is 19.3 Å². The number of hydrogen-bond donors (Lipinski definition) is 1. The SMILES string of the molecule is COc1ccc2c(c1)[C@H](O)CC1(CCCCC1C)O2. The number of rotatable bonds is 1. The van der Waals surface area contributed by atoms with Gasteiger partial charge in [0.25, 0.3) is 0 Å². The van der Waals surface area contributed by atoms with Crippen LogP contribution < -0.4 is 9.47 Å². The van der Waals surface area contributed by atoms with Gasteiger partial charge in [0.1, 0.15) is 17.1 Å². The summed E-state index contributed by atoms with van der Waals surface area (Å²) in [5.41, 5.74) is 0.696. The highest BCUT2D eigenvalue weighted by Gasteiger charge is 2.45. The minimum atomic E-state index is -0.445. The molecule has 2 unspecified atom stereocenters. The highest BCUT2D eigenvalue weighted by atomic mass is 16.5. The van der Waals surface area contributed by atoms with Crippen molar-refractivity contribution < 1.29 is 14.6 Å². The van der Waals surface area contributed by atoms with Crippen LogP contribution in [0.3, 0.4) is 0 Å². The predicted molar refractivity (Wildman–Crippen MR) is 73.6 cm³/mol. The van der Waals surface area contributed by atoms with Gasteiger partial charge in [-0.05, 0) is 43.4 Å². The summed E-state index contributed by atoms with van der Waals surface area (Å²) in [5, 5.41) is 10.5. The summed E-state index contributed by atoms with van der Waals surface area (Å²) < 4.78 is 11.5. The van der Waals surface area contributed by atoms with Crippen LogP contribution in [0.4, 0.5) is 0 Å². The topological polar surface area (TPSA) is 38.7 Å². The Labute approximate surface area is 114 Å². The van der Waals surface area contributed by atoms with E-state index in [1.807, 2.05) is 18.2 Å². The van der Waals surface area contributed by atoms with E-state index in [0.717, 1.165) is 23.5 Å². The number of ether oxygens (including phenoxy) is 2. The second kappa shape index (κ2) is 4.71. The standard InChI is InChI=1S/C16H22O3/c1-11-5-3-4-8-16(11)10-14(17)13-9-12(18-2)6-7-15(13)19-16/h6-7,9,11,14,17H,3-5,8,10H2,1-2H3/t11?,14-,16?/m1/s1. The van der Waals surface area contributed by atoms with Gasteiger partial charge in [0.05, 0.1) is 13.2 Å². The van der Waals surface area contributed by atoms with Gasteiger partial charge < -0.3 is 14.6 Å². The zero-order valence-corrected chi connectivity index (χ0v) is 11.7. The van der Waals surface area contributed by atoms with Gasteiger partial charge in [-0.25, -0.2) is 0 Å². The smallest absolute Gasteiger partial charge is 0.126 e. The van der Waals surface area contributed by atoms with Gasteiger partial charge in [0.15, 0.2) is 0 Å². The Morgan fingerprint density at radius 2 is 2.21 bits per heavy atom. The van der Waals surface area contributed by atoms with E-state index < -0.39 is 6.10 Å². The monoisotopic (exact) mass is 262 g/mol. The largest absolute Gasteiger partial charge is 0.497 e. The third-order valence-electron chi connectivity index (χ3n) is 4.81. The molecule has 3 nitrogen and oxygen atoms in total. The first kappa shape index (κ1) is 12.8. The number of aliphatic hydroxyl groups is 1. The molecule has 19 heavy (non-hydrogen) atoms. The van der Waals surface area contributed by atoms with Gasteiger partial charge in [0, 0.05) is 12.0 Å². The van der Waals surface area contributed by atoms with Crippen molar-refractivity contribution in [1.82, 2.24) is 0 Å². The molecule has 1 N–H and O–H groups in total. The third kappa shape index (κ3) is 2.10. The molecule has 3 heteroatoms. The van der Waals surface area contributed by atoms with E-state index >= 15 is 0 Å². The van der Waals surface area contributed by atoms with Crippen molar-refractivity contribution in [3.63, 3.8) is 0 Å². The van der Waals surface area contributed by atoms with Gasteiger partial charge in [-0.15, -0.1) is 0 Å². The molecule has 1 aliphatic heterocycles. The van der Waals surface area contributed by atoms with Crippen LogP contribution in [-0.4, -0.2) is 17.8 Å². The van der Waals surface area contributed by atoms with E-state index in [0.29, 0.717) is 12.3 Å². The molecule has 3 rings (SSSR count). The molecule has 104 valence electrons. The van der Waals surface area contributed by atoms with Crippen molar-refractivity contribution in [2.75, 3.05) is 7.11 Å². The molecule has 1 aromatic rings. The lowest BCUT2D eigenvalue weighted by Gasteiger charge is -2.47. The fourth-order valence-corrected chi connectivity index (χ4v) is 3.54. The van der Waals surface area contributed by atoms with Crippen molar-refractivity contribution in [3.05, 3.63) is 23.8 Å². The van der Waals surface area contributed by atoms with Crippen molar-refractivity contribution in [1.29, 1.82) is 0 Å². The lowest BCUT2D eigenvalue weighted by atomic mass is 9.71. The molecule has 2 aliphatic rings.